The van der Waals surface area contributed by atoms with Gasteiger partial charge < -0.3 is 18.9 Å². The Hall–Kier alpha value is -1.99. The third-order valence-electron chi connectivity index (χ3n) is 4.72. The molecular weight excluding hydrogens is 320 g/mol. The first-order chi connectivity index (χ1) is 12.1. The van der Waals surface area contributed by atoms with Crippen LogP contribution in [0.3, 0.4) is 0 Å². The normalized spacial score (nSPS) is 19.9. The molecule has 0 unspecified atom stereocenters. The van der Waals surface area contributed by atoms with Crippen molar-refractivity contribution >= 4 is 5.82 Å². The number of hydrogen-bond acceptors (Lipinski definition) is 7. The molecule has 7 heteroatoms. The summed E-state index contributed by atoms with van der Waals surface area (Å²) in [4.78, 5) is 11.3. The summed E-state index contributed by atoms with van der Waals surface area (Å²) in [5, 5.41) is 4.03. The highest BCUT2D eigenvalue weighted by Gasteiger charge is 2.39. The summed E-state index contributed by atoms with van der Waals surface area (Å²) >= 11 is 0. The lowest BCUT2D eigenvalue weighted by atomic mass is 10.0. The summed E-state index contributed by atoms with van der Waals surface area (Å²) < 4.78 is 16.9. The Morgan fingerprint density at radius 2 is 1.92 bits per heavy atom. The predicted molar refractivity (Wildman–Crippen MR) is 92.2 cm³/mol. The molecule has 2 fully saturated rings. The second-order valence-corrected chi connectivity index (χ2v) is 7.11. The molecule has 7 nitrogen and oxygen atoms in total. The van der Waals surface area contributed by atoms with Crippen molar-refractivity contribution in [3.8, 4) is 11.5 Å². The van der Waals surface area contributed by atoms with Crippen LogP contribution in [0, 0.1) is 5.92 Å². The topological polar surface area (TPSA) is 73.5 Å². The number of piperidine rings is 1. The third-order valence-corrected chi connectivity index (χ3v) is 4.72. The molecule has 0 amide bonds. The molecule has 4 heterocycles. The lowest BCUT2D eigenvalue weighted by molar-refractivity contribution is -0.169. The zero-order chi connectivity index (χ0) is 17.3. The van der Waals surface area contributed by atoms with E-state index in [2.05, 4.69) is 33.9 Å². The Kier molecular flexibility index (Phi) is 4.43. The van der Waals surface area contributed by atoms with E-state index in [-0.39, 0.29) is 5.79 Å². The largest absolute Gasteiger partial charge is 0.356 e. The van der Waals surface area contributed by atoms with Crippen molar-refractivity contribution < 1.29 is 14.0 Å². The number of ether oxygens (including phenoxy) is 2. The highest BCUT2D eigenvalue weighted by molar-refractivity contribution is 5.54. The van der Waals surface area contributed by atoms with E-state index < -0.39 is 0 Å². The third kappa shape index (κ3) is 3.52. The van der Waals surface area contributed by atoms with Gasteiger partial charge in [0, 0.05) is 38.5 Å². The molecule has 25 heavy (non-hydrogen) atoms. The Morgan fingerprint density at radius 1 is 1.16 bits per heavy atom. The maximum atomic E-state index is 5.78. The van der Waals surface area contributed by atoms with Crippen molar-refractivity contribution in [3.63, 3.8) is 0 Å². The van der Waals surface area contributed by atoms with Gasteiger partial charge in [0.2, 0.25) is 0 Å². The summed E-state index contributed by atoms with van der Waals surface area (Å²) in [7, 11) is 0. The van der Waals surface area contributed by atoms with Crippen LogP contribution in [0.1, 0.15) is 32.5 Å². The predicted octanol–water partition coefficient (Wildman–Crippen LogP) is 2.67. The standard InChI is InChI=1S/C18H24N4O3/c1-13(2)11-15-20-17(25-21-15)14-3-4-16(19-12-14)22-7-5-18(6-8-22)23-9-10-24-18/h3-4,12-13H,5-11H2,1-2H3. The molecule has 1 spiro atoms. The Balaban J connectivity index is 1.41. The van der Waals surface area contributed by atoms with Crippen molar-refractivity contribution in [1.82, 2.24) is 15.1 Å². The molecule has 4 rings (SSSR count). The number of hydrogen-bond donors (Lipinski definition) is 0. The zero-order valence-electron chi connectivity index (χ0n) is 14.8. The average Bonchev–Trinajstić information content (AvgIpc) is 3.26. The number of nitrogens with zero attached hydrogens (tertiary/aromatic N) is 4. The van der Waals surface area contributed by atoms with Crippen LogP contribution in [0.5, 0.6) is 0 Å². The van der Waals surface area contributed by atoms with Crippen LogP contribution in [0.25, 0.3) is 11.5 Å². The van der Waals surface area contributed by atoms with E-state index in [0.717, 1.165) is 49.6 Å². The molecule has 134 valence electrons. The van der Waals surface area contributed by atoms with Gasteiger partial charge in [0.05, 0.1) is 18.8 Å². The fraction of sp³-hybridized carbons (Fsp3) is 0.611. The van der Waals surface area contributed by atoms with E-state index in [1.165, 1.54) is 0 Å². The van der Waals surface area contributed by atoms with E-state index in [1.807, 2.05) is 12.1 Å². The van der Waals surface area contributed by atoms with Gasteiger partial charge in [-0.25, -0.2) is 4.98 Å². The summed E-state index contributed by atoms with van der Waals surface area (Å²) in [5.41, 5.74) is 0.849. The monoisotopic (exact) mass is 344 g/mol. The molecule has 2 aromatic rings. The maximum absolute atomic E-state index is 5.78. The molecule has 0 aromatic carbocycles. The first-order valence-corrected chi connectivity index (χ1v) is 8.95. The van der Waals surface area contributed by atoms with Crippen molar-refractivity contribution in [2.45, 2.75) is 38.9 Å². The minimum absolute atomic E-state index is 0.354. The number of rotatable bonds is 4. The van der Waals surface area contributed by atoms with Crippen molar-refractivity contribution in [3.05, 3.63) is 24.2 Å². The van der Waals surface area contributed by atoms with Crippen LogP contribution in [0.4, 0.5) is 5.82 Å². The van der Waals surface area contributed by atoms with Gasteiger partial charge in [-0.3, -0.25) is 0 Å². The van der Waals surface area contributed by atoms with Crippen LogP contribution >= 0.6 is 0 Å². The first kappa shape index (κ1) is 16.5. The molecule has 0 radical (unpaired) electrons. The quantitative estimate of drug-likeness (QED) is 0.844. The van der Waals surface area contributed by atoms with E-state index >= 15 is 0 Å². The fourth-order valence-electron chi connectivity index (χ4n) is 3.38. The zero-order valence-corrected chi connectivity index (χ0v) is 14.8. The summed E-state index contributed by atoms with van der Waals surface area (Å²) in [5.74, 6) is 2.37. The van der Waals surface area contributed by atoms with Crippen LogP contribution in [-0.2, 0) is 15.9 Å². The SMILES string of the molecule is CC(C)Cc1noc(-c2ccc(N3CCC4(CC3)OCCO4)nc2)n1. The van der Waals surface area contributed by atoms with Gasteiger partial charge in [0.25, 0.3) is 5.89 Å². The van der Waals surface area contributed by atoms with Gasteiger partial charge in [0.1, 0.15) is 5.82 Å². The van der Waals surface area contributed by atoms with Gasteiger partial charge in [-0.05, 0) is 18.1 Å². The number of aromatic nitrogens is 3. The Bertz CT molecular complexity index is 697. The van der Waals surface area contributed by atoms with Gasteiger partial charge in [-0.2, -0.15) is 4.98 Å². The van der Waals surface area contributed by atoms with E-state index in [0.29, 0.717) is 25.0 Å². The van der Waals surface area contributed by atoms with E-state index in [9.17, 15) is 0 Å². The minimum Gasteiger partial charge on any atom is -0.356 e. The second kappa shape index (κ2) is 6.72. The number of pyridine rings is 1. The van der Waals surface area contributed by atoms with Crippen molar-refractivity contribution in [1.29, 1.82) is 0 Å². The molecular formula is C18H24N4O3. The lowest BCUT2D eigenvalue weighted by Gasteiger charge is -2.38. The second-order valence-electron chi connectivity index (χ2n) is 7.11. The van der Waals surface area contributed by atoms with Crippen LogP contribution in [-0.4, -0.2) is 47.2 Å². The fourth-order valence-corrected chi connectivity index (χ4v) is 3.38. The Labute approximate surface area is 147 Å². The number of anilines is 1. The molecule has 0 saturated carbocycles. The summed E-state index contributed by atoms with van der Waals surface area (Å²) in [6.07, 6.45) is 4.36. The highest BCUT2D eigenvalue weighted by Crippen LogP contribution is 2.33. The molecule has 0 atom stereocenters. The first-order valence-electron chi connectivity index (χ1n) is 8.95. The van der Waals surface area contributed by atoms with Crippen LogP contribution in [0.15, 0.2) is 22.9 Å². The van der Waals surface area contributed by atoms with Gasteiger partial charge in [0.15, 0.2) is 11.6 Å². The molecule has 0 aliphatic carbocycles. The molecule has 2 aliphatic rings. The van der Waals surface area contributed by atoms with Gasteiger partial charge >= 0.3 is 0 Å². The van der Waals surface area contributed by atoms with Crippen molar-refractivity contribution in [2.24, 2.45) is 5.92 Å². The van der Waals surface area contributed by atoms with Crippen LogP contribution < -0.4 is 4.90 Å². The molecule has 2 saturated heterocycles. The smallest absolute Gasteiger partial charge is 0.259 e. The average molecular weight is 344 g/mol. The molecule has 0 N–H and O–H groups in total. The summed E-state index contributed by atoms with van der Waals surface area (Å²) in [6, 6.07) is 4.00. The van der Waals surface area contributed by atoms with E-state index in [1.54, 1.807) is 6.20 Å². The highest BCUT2D eigenvalue weighted by atomic mass is 16.7. The summed E-state index contributed by atoms with van der Waals surface area (Å²) in [6.45, 7) is 7.44. The van der Waals surface area contributed by atoms with E-state index in [4.69, 9.17) is 14.0 Å². The minimum atomic E-state index is -0.354. The lowest BCUT2D eigenvalue weighted by Crippen LogP contribution is -2.45. The maximum Gasteiger partial charge on any atom is 0.259 e. The van der Waals surface area contributed by atoms with Crippen LogP contribution in [0.2, 0.25) is 0 Å². The van der Waals surface area contributed by atoms with Gasteiger partial charge in [-0.15, -0.1) is 0 Å². The van der Waals surface area contributed by atoms with Crippen molar-refractivity contribution in [2.75, 3.05) is 31.2 Å². The molecule has 2 aliphatic heterocycles. The van der Waals surface area contributed by atoms with Gasteiger partial charge in [-0.1, -0.05) is 19.0 Å². The molecule has 0 bridgehead atoms. The Morgan fingerprint density at radius 3 is 2.56 bits per heavy atom. The molecule has 2 aromatic heterocycles.